The standard InChI is InChI=1S/C14H18ClNO/c15-14-4-3-11(8-16-14)13(17)7-12-6-9-1-2-10(12)5-9/h3-4,8-10,12-13,17H,1-2,5-7H2. The first-order chi connectivity index (χ1) is 8.22. The molecule has 17 heavy (non-hydrogen) atoms. The Morgan fingerprint density at radius 3 is 2.82 bits per heavy atom. The molecule has 0 saturated heterocycles. The molecule has 1 N–H and O–H groups in total. The second-order valence-corrected chi connectivity index (χ2v) is 5.99. The van der Waals surface area contributed by atoms with Gasteiger partial charge in [-0.1, -0.05) is 24.1 Å². The van der Waals surface area contributed by atoms with E-state index < -0.39 is 0 Å². The van der Waals surface area contributed by atoms with E-state index >= 15 is 0 Å². The minimum absolute atomic E-state index is 0.371. The molecule has 2 nitrogen and oxygen atoms in total. The van der Waals surface area contributed by atoms with Crippen molar-refractivity contribution < 1.29 is 5.11 Å². The van der Waals surface area contributed by atoms with Gasteiger partial charge in [0.25, 0.3) is 0 Å². The Morgan fingerprint density at radius 1 is 1.35 bits per heavy atom. The molecule has 3 heteroatoms. The summed E-state index contributed by atoms with van der Waals surface area (Å²) in [6.07, 6.45) is 7.73. The Bertz CT molecular complexity index is 392. The van der Waals surface area contributed by atoms with Gasteiger partial charge in [0, 0.05) is 6.20 Å². The number of pyridine rings is 1. The number of halogens is 1. The van der Waals surface area contributed by atoms with E-state index in [0.717, 1.165) is 29.7 Å². The van der Waals surface area contributed by atoms with Gasteiger partial charge in [-0.05, 0) is 55.1 Å². The number of aliphatic hydroxyl groups is 1. The van der Waals surface area contributed by atoms with E-state index in [0.29, 0.717) is 5.15 Å². The minimum atomic E-state index is -0.371. The summed E-state index contributed by atoms with van der Waals surface area (Å²) in [4.78, 5) is 4.03. The maximum Gasteiger partial charge on any atom is 0.129 e. The van der Waals surface area contributed by atoms with Crippen LogP contribution in [0.1, 0.15) is 43.8 Å². The van der Waals surface area contributed by atoms with E-state index in [2.05, 4.69) is 4.98 Å². The Morgan fingerprint density at radius 2 is 2.24 bits per heavy atom. The fourth-order valence-corrected chi connectivity index (χ4v) is 3.78. The highest BCUT2D eigenvalue weighted by molar-refractivity contribution is 6.29. The number of nitrogens with zero attached hydrogens (tertiary/aromatic N) is 1. The van der Waals surface area contributed by atoms with E-state index in [-0.39, 0.29) is 6.10 Å². The SMILES string of the molecule is OC(CC1CC2CCC1C2)c1ccc(Cl)nc1. The molecule has 4 atom stereocenters. The fourth-order valence-electron chi connectivity index (χ4n) is 3.67. The molecule has 2 aliphatic rings. The Labute approximate surface area is 107 Å². The number of fused-ring (bicyclic) bond motifs is 2. The van der Waals surface area contributed by atoms with Crippen LogP contribution in [-0.2, 0) is 0 Å². The van der Waals surface area contributed by atoms with Gasteiger partial charge in [-0.2, -0.15) is 0 Å². The van der Waals surface area contributed by atoms with Gasteiger partial charge in [0.15, 0.2) is 0 Å². The topological polar surface area (TPSA) is 33.1 Å². The van der Waals surface area contributed by atoms with Crippen LogP contribution in [0.15, 0.2) is 18.3 Å². The van der Waals surface area contributed by atoms with Crippen molar-refractivity contribution >= 4 is 11.6 Å². The van der Waals surface area contributed by atoms with Gasteiger partial charge in [0.1, 0.15) is 5.15 Å². The molecule has 0 amide bonds. The fraction of sp³-hybridized carbons (Fsp3) is 0.643. The third kappa shape index (κ3) is 2.34. The van der Waals surface area contributed by atoms with E-state index in [1.165, 1.54) is 25.7 Å². The molecule has 0 aromatic carbocycles. The summed E-state index contributed by atoms with van der Waals surface area (Å²) in [7, 11) is 0. The summed E-state index contributed by atoms with van der Waals surface area (Å²) in [5.74, 6) is 2.54. The van der Waals surface area contributed by atoms with E-state index in [4.69, 9.17) is 11.6 Å². The second kappa shape index (κ2) is 4.58. The van der Waals surface area contributed by atoms with Crippen molar-refractivity contribution in [2.75, 3.05) is 0 Å². The van der Waals surface area contributed by atoms with Crippen molar-refractivity contribution in [2.45, 2.75) is 38.2 Å². The molecule has 4 unspecified atom stereocenters. The number of aromatic nitrogens is 1. The quantitative estimate of drug-likeness (QED) is 0.833. The summed E-state index contributed by atoms with van der Waals surface area (Å²) in [6.45, 7) is 0. The molecule has 1 aromatic rings. The van der Waals surface area contributed by atoms with Gasteiger partial charge < -0.3 is 5.11 Å². The maximum absolute atomic E-state index is 10.2. The molecule has 2 saturated carbocycles. The van der Waals surface area contributed by atoms with Crippen LogP contribution in [0.25, 0.3) is 0 Å². The summed E-state index contributed by atoms with van der Waals surface area (Å²) in [5.41, 5.74) is 0.900. The molecular formula is C14H18ClNO. The summed E-state index contributed by atoms with van der Waals surface area (Å²) >= 11 is 5.75. The van der Waals surface area contributed by atoms with E-state index in [1.807, 2.05) is 6.07 Å². The lowest BCUT2D eigenvalue weighted by atomic mass is 9.84. The van der Waals surface area contributed by atoms with Gasteiger partial charge in [-0.3, -0.25) is 0 Å². The predicted octanol–water partition coefficient (Wildman–Crippen LogP) is 3.59. The van der Waals surface area contributed by atoms with Gasteiger partial charge in [-0.25, -0.2) is 4.98 Å². The molecule has 3 rings (SSSR count). The zero-order valence-electron chi connectivity index (χ0n) is 9.85. The van der Waals surface area contributed by atoms with Gasteiger partial charge in [0.05, 0.1) is 6.10 Å². The largest absolute Gasteiger partial charge is 0.388 e. The smallest absolute Gasteiger partial charge is 0.129 e. The third-order valence-corrected chi connectivity index (χ3v) is 4.77. The predicted molar refractivity (Wildman–Crippen MR) is 67.8 cm³/mol. The van der Waals surface area contributed by atoms with Crippen LogP contribution in [0.3, 0.4) is 0 Å². The van der Waals surface area contributed by atoms with Gasteiger partial charge in [0.2, 0.25) is 0 Å². The lowest BCUT2D eigenvalue weighted by molar-refractivity contribution is 0.125. The molecule has 0 spiro atoms. The van der Waals surface area contributed by atoms with Crippen LogP contribution in [0.5, 0.6) is 0 Å². The van der Waals surface area contributed by atoms with Gasteiger partial charge in [-0.15, -0.1) is 0 Å². The zero-order valence-corrected chi connectivity index (χ0v) is 10.6. The number of hydrogen-bond acceptors (Lipinski definition) is 2. The van der Waals surface area contributed by atoms with Crippen LogP contribution in [0.2, 0.25) is 5.15 Å². The molecule has 2 fully saturated rings. The monoisotopic (exact) mass is 251 g/mol. The first-order valence-corrected chi connectivity index (χ1v) is 6.89. The third-order valence-electron chi connectivity index (χ3n) is 4.55. The molecule has 0 radical (unpaired) electrons. The Kier molecular flexibility index (Phi) is 3.10. The molecule has 0 aliphatic heterocycles. The van der Waals surface area contributed by atoms with Crippen molar-refractivity contribution in [1.82, 2.24) is 4.98 Å². The van der Waals surface area contributed by atoms with Crippen LogP contribution in [0, 0.1) is 17.8 Å². The molecule has 1 aromatic heterocycles. The summed E-state index contributed by atoms with van der Waals surface area (Å²) in [6, 6.07) is 3.63. The first kappa shape index (κ1) is 11.5. The van der Waals surface area contributed by atoms with Crippen molar-refractivity contribution in [2.24, 2.45) is 17.8 Å². The molecule has 92 valence electrons. The van der Waals surface area contributed by atoms with E-state index in [9.17, 15) is 5.11 Å². The highest BCUT2D eigenvalue weighted by Gasteiger charge is 2.40. The lowest BCUT2D eigenvalue weighted by Gasteiger charge is -2.24. The highest BCUT2D eigenvalue weighted by Crippen LogP contribution is 2.50. The number of hydrogen-bond donors (Lipinski definition) is 1. The van der Waals surface area contributed by atoms with Crippen LogP contribution in [0.4, 0.5) is 0 Å². The molecule has 2 bridgehead atoms. The highest BCUT2D eigenvalue weighted by atomic mass is 35.5. The molecule has 1 heterocycles. The zero-order chi connectivity index (χ0) is 11.8. The lowest BCUT2D eigenvalue weighted by Crippen LogP contribution is -2.14. The van der Waals surface area contributed by atoms with Gasteiger partial charge >= 0.3 is 0 Å². The first-order valence-electron chi connectivity index (χ1n) is 6.52. The summed E-state index contributed by atoms with van der Waals surface area (Å²) in [5, 5.41) is 10.7. The summed E-state index contributed by atoms with van der Waals surface area (Å²) < 4.78 is 0. The molecule has 2 aliphatic carbocycles. The average Bonchev–Trinajstić information content (AvgIpc) is 2.91. The van der Waals surface area contributed by atoms with E-state index in [1.54, 1.807) is 12.3 Å². The molecular weight excluding hydrogens is 234 g/mol. The normalized spacial score (nSPS) is 32.9. The van der Waals surface area contributed by atoms with Crippen LogP contribution < -0.4 is 0 Å². The van der Waals surface area contributed by atoms with Crippen LogP contribution in [-0.4, -0.2) is 10.1 Å². The van der Waals surface area contributed by atoms with Crippen molar-refractivity contribution in [3.63, 3.8) is 0 Å². The van der Waals surface area contributed by atoms with Crippen molar-refractivity contribution in [3.05, 3.63) is 29.0 Å². The number of rotatable bonds is 3. The Hall–Kier alpha value is -0.600. The Balaban J connectivity index is 1.63. The minimum Gasteiger partial charge on any atom is -0.388 e. The van der Waals surface area contributed by atoms with Crippen molar-refractivity contribution in [1.29, 1.82) is 0 Å². The number of aliphatic hydroxyl groups excluding tert-OH is 1. The van der Waals surface area contributed by atoms with Crippen LogP contribution >= 0.6 is 11.6 Å². The maximum atomic E-state index is 10.2. The second-order valence-electron chi connectivity index (χ2n) is 5.60. The average molecular weight is 252 g/mol. The van der Waals surface area contributed by atoms with Crippen molar-refractivity contribution in [3.8, 4) is 0 Å².